The van der Waals surface area contributed by atoms with Crippen molar-refractivity contribution >= 4 is 29.3 Å². The molecule has 1 unspecified atom stereocenters. The summed E-state index contributed by atoms with van der Waals surface area (Å²) >= 11 is 10.9. The zero-order valence-electron chi connectivity index (χ0n) is 5.11. The molecule has 1 rings (SSSR count). The zero-order chi connectivity index (χ0) is 8.43. The van der Waals surface area contributed by atoms with Crippen molar-refractivity contribution < 1.29 is 9.90 Å². The molecule has 0 radical (unpaired) electrons. The second kappa shape index (κ2) is 3.06. The quantitative estimate of drug-likeness (QED) is 0.475. The number of carboxylic acid groups (broad SMARTS) is 1. The Labute approximate surface area is 71.9 Å². The van der Waals surface area contributed by atoms with Gasteiger partial charge in [-0.3, -0.25) is 0 Å². The molecule has 0 aromatic heterocycles. The van der Waals surface area contributed by atoms with Crippen LogP contribution in [-0.2, 0) is 0 Å². The average molecular weight is 196 g/mol. The first-order valence-electron chi connectivity index (χ1n) is 2.55. The molecular weight excluding hydrogens is 193 g/mol. The lowest BCUT2D eigenvalue weighted by molar-refractivity contribution is 0.159. The fourth-order valence-corrected chi connectivity index (χ4v) is 0.685. The van der Waals surface area contributed by atoms with Gasteiger partial charge in [-0.15, -0.1) is 5.11 Å². The molecule has 11 heavy (non-hydrogen) atoms. The summed E-state index contributed by atoms with van der Waals surface area (Å²) < 4.78 is 0. The summed E-state index contributed by atoms with van der Waals surface area (Å²) in [5.74, 6) is 0. The predicted octanol–water partition coefficient (Wildman–Crippen LogP) is 1.99. The molecule has 5 nitrogen and oxygen atoms in total. The Hall–Kier alpha value is -0.810. The van der Waals surface area contributed by atoms with Gasteiger partial charge in [0.1, 0.15) is 0 Å². The fourth-order valence-electron chi connectivity index (χ4n) is 0.454. The summed E-state index contributed by atoms with van der Waals surface area (Å²) in [5, 5.41) is 15.7. The van der Waals surface area contributed by atoms with Gasteiger partial charge in [-0.2, -0.15) is 5.01 Å². The molecule has 1 N–H and O–H groups in total. The van der Waals surface area contributed by atoms with Crippen molar-refractivity contribution in [3.05, 3.63) is 11.2 Å². The van der Waals surface area contributed by atoms with E-state index in [9.17, 15) is 4.79 Å². The molecule has 0 aromatic rings. The number of amides is 1. The molecular formula is C4H3Cl2N3O2. The molecule has 60 valence electrons. The first kappa shape index (κ1) is 8.29. The highest BCUT2D eigenvalue weighted by atomic mass is 35.5. The molecule has 1 atom stereocenters. The molecule has 0 bridgehead atoms. The van der Waals surface area contributed by atoms with E-state index in [0.29, 0.717) is 5.01 Å². The SMILES string of the molecule is O=C(O)N1C=C(Cl)C(Cl)N=N1. The average Bonchev–Trinajstić information content (AvgIpc) is 1.94. The van der Waals surface area contributed by atoms with E-state index in [0.717, 1.165) is 6.20 Å². The highest BCUT2D eigenvalue weighted by Crippen LogP contribution is 2.21. The summed E-state index contributed by atoms with van der Waals surface area (Å²) in [4.78, 5) is 10.2. The van der Waals surface area contributed by atoms with Crippen LogP contribution in [0.25, 0.3) is 0 Å². The Morgan fingerprint density at radius 3 is 2.91 bits per heavy atom. The lowest BCUT2D eigenvalue weighted by Crippen LogP contribution is -2.21. The predicted molar refractivity (Wildman–Crippen MR) is 38.3 cm³/mol. The van der Waals surface area contributed by atoms with Gasteiger partial charge in [0.25, 0.3) is 0 Å². The second-order valence-corrected chi connectivity index (χ2v) is 2.53. The molecule has 0 spiro atoms. The van der Waals surface area contributed by atoms with Gasteiger partial charge in [0.15, 0.2) is 5.50 Å². The third-order valence-electron chi connectivity index (χ3n) is 0.919. The molecule has 0 aromatic carbocycles. The number of nitrogens with zero attached hydrogens (tertiary/aromatic N) is 3. The number of halogens is 2. The van der Waals surface area contributed by atoms with Crippen molar-refractivity contribution in [2.45, 2.75) is 5.50 Å². The van der Waals surface area contributed by atoms with Crippen LogP contribution in [0.1, 0.15) is 0 Å². The topological polar surface area (TPSA) is 65.3 Å². The van der Waals surface area contributed by atoms with E-state index >= 15 is 0 Å². The minimum absolute atomic E-state index is 0.129. The normalized spacial score (nSPS) is 23.3. The number of carbonyl (C=O) groups is 1. The maximum absolute atomic E-state index is 10.2. The van der Waals surface area contributed by atoms with Gasteiger partial charge >= 0.3 is 6.09 Å². The van der Waals surface area contributed by atoms with Crippen molar-refractivity contribution in [1.82, 2.24) is 5.01 Å². The third kappa shape index (κ3) is 1.81. The lowest BCUT2D eigenvalue weighted by Gasteiger charge is -2.12. The van der Waals surface area contributed by atoms with E-state index in [4.69, 9.17) is 28.3 Å². The van der Waals surface area contributed by atoms with Crippen LogP contribution in [0, 0.1) is 0 Å². The minimum Gasteiger partial charge on any atom is -0.463 e. The van der Waals surface area contributed by atoms with E-state index in [-0.39, 0.29) is 5.03 Å². The van der Waals surface area contributed by atoms with E-state index in [1.54, 1.807) is 0 Å². The number of hydrogen-bond acceptors (Lipinski definition) is 3. The monoisotopic (exact) mass is 195 g/mol. The first-order chi connectivity index (χ1) is 5.11. The smallest absolute Gasteiger partial charge is 0.433 e. The molecule has 0 aliphatic carbocycles. The molecule has 1 aliphatic heterocycles. The maximum atomic E-state index is 10.2. The Morgan fingerprint density at radius 1 is 1.82 bits per heavy atom. The van der Waals surface area contributed by atoms with Gasteiger partial charge in [-0.25, -0.2) is 4.79 Å². The summed E-state index contributed by atoms with van der Waals surface area (Å²) in [5.41, 5.74) is -0.771. The fraction of sp³-hybridized carbons (Fsp3) is 0.250. The van der Waals surface area contributed by atoms with Gasteiger partial charge in [-0.05, 0) is 0 Å². The van der Waals surface area contributed by atoms with Crippen LogP contribution in [0.2, 0.25) is 0 Å². The summed E-state index contributed by atoms with van der Waals surface area (Å²) in [6, 6.07) is 0. The molecule has 1 amide bonds. The van der Waals surface area contributed by atoms with Crippen molar-refractivity contribution in [2.24, 2.45) is 10.3 Å². The highest BCUT2D eigenvalue weighted by molar-refractivity contribution is 6.37. The Balaban J connectivity index is 2.77. The third-order valence-corrected chi connectivity index (χ3v) is 1.66. The van der Waals surface area contributed by atoms with Crippen molar-refractivity contribution in [2.75, 3.05) is 0 Å². The van der Waals surface area contributed by atoms with Gasteiger partial charge in [0.2, 0.25) is 0 Å². The minimum atomic E-state index is -1.25. The summed E-state index contributed by atoms with van der Waals surface area (Å²) in [6.45, 7) is 0. The van der Waals surface area contributed by atoms with Crippen molar-refractivity contribution in [1.29, 1.82) is 0 Å². The number of hydrogen-bond donors (Lipinski definition) is 1. The molecule has 7 heteroatoms. The van der Waals surface area contributed by atoms with Crippen LogP contribution in [-0.4, -0.2) is 21.7 Å². The van der Waals surface area contributed by atoms with Crippen LogP contribution >= 0.6 is 23.2 Å². The van der Waals surface area contributed by atoms with Gasteiger partial charge in [0, 0.05) is 0 Å². The molecule has 0 fully saturated rings. The molecule has 0 saturated carbocycles. The first-order valence-corrected chi connectivity index (χ1v) is 3.37. The van der Waals surface area contributed by atoms with E-state index in [1.165, 1.54) is 0 Å². The van der Waals surface area contributed by atoms with Gasteiger partial charge in [-0.1, -0.05) is 28.4 Å². The van der Waals surface area contributed by atoms with Crippen LogP contribution in [0.15, 0.2) is 21.6 Å². The van der Waals surface area contributed by atoms with Crippen molar-refractivity contribution in [3.63, 3.8) is 0 Å². The second-order valence-electron chi connectivity index (χ2n) is 1.68. The van der Waals surface area contributed by atoms with Crippen LogP contribution in [0.5, 0.6) is 0 Å². The Kier molecular flexibility index (Phi) is 2.31. The molecule has 0 saturated heterocycles. The van der Waals surface area contributed by atoms with Crippen LogP contribution in [0.4, 0.5) is 4.79 Å². The summed E-state index contributed by atoms with van der Waals surface area (Å²) in [7, 11) is 0. The maximum Gasteiger partial charge on any atom is 0.433 e. The van der Waals surface area contributed by atoms with E-state index < -0.39 is 11.6 Å². The summed E-state index contributed by atoms with van der Waals surface area (Å²) in [6.07, 6.45) is -0.162. The zero-order valence-corrected chi connectivity index (χ0v) is 6.62. The van der Waals surface area contributed by atoms with E-state index in [1.807, 2.05) is 0 Å². The number of alkyl halides is 1. The highest BCUT2D eigenvalue weighted by Gasteiger charge is 2.18. The van der Waals surface area contributed by atoms with Crippen LogP contribution in [0.3, 0.4) is 0 Å². The van der Waals surface area contributed by atoms with Crippen molar-refractivity contribution in [3.8, 4) is 0 Å². The lowest BCUT2D eigenvalue weighted by atomic mass is 10.6. The molecule has 1 aliphatic rings. The standard InChI is InChI=1S/C4H3Cl2N3O2/c5-2-1-9(4(10)11)8-7-3(2)6/h1,3H,(H,10,11). The van der Waals surface area contributed by atoms with Crippen LogP contribution < -0.4 is 0 Å². The van der Waals surface area contributed by atoms with Gasteiger partial charge in [0.05, 0.1) is 11.2 Å². The Bertz CT molecular complexity index is 239. The Morgan fingerprint density at radius 2 is 2.45 bits per heavy atom. The largest absolute Gasteiger partial charge is 0.463 e. The molecule has 1 heterocycles. The van der Waals surface area contributed by atoms with E-state index in [2.05, 4.69) is 10.3 Å². The van der Waals surface area contributed by atoms with Gasteiger partial charge < -0.3 is 5.11 Å². The number of rotatable bonds is 0.